The van der Waals surface area contributed by atoms with Gasteiger partial charge in [0.15, 0.2) is 11.5 Å². The maximum Gasteiger partial charge on any atom is 0.336 e. The third-order valence-corrected chi connectivity index (χ3v) is 4.15. The molecule has 0 aliphatic carbocycles. The van der Waals surface area contributed by atoms with Crippen molar-refractivity contribution in [2.45, 2.75) is 0 Å². The molecule has 6 nitrogen and oxygen atoms in total. The van der Waals surface area contributed by atoms with E-state index in [4.69, 9.17) is 18.6 Å². The summed E-state index contributed by atoms with van der Waals surface area (Å²) in [7, 11) is 3.10. The first kappa shape index (κ1) is 20.5. The number of carbonyl (C=O) groups excluding carboxylic acids is 1. The molecule has 1 aromatic heterocycles. The minimum Gasteiger partial charge on any atom is -0.493 e. The lowest BCUT2D eigenvalue weighted by atomic mass is 10.0. The van der Waals surface area contributed by atoms with Crippen LogP contribution in [-0.2, 0) is 4.79 Å². The quantitative estimate of drug-likeness (QED) is 0.183. The number of rotatable bonds is 7. The summed E-state index contributed by atoms with van der Waals surface area (Å²) in [6.07, 6.45) is 6.08. The Labute approximate surface area is 174 Å². The van der Waals surface area contributed by atoms with Crippen LogP contribution in [0.5, 0.6) is 17.2 Å². The fraction of sp³-hybridized carbons (Fsp3) is 0.0833. The number of ether oxygens (including phenoxy) is 3. The van der Waals surface area contributed by atoms with Gasteiger partial charge >= 0.3 is 5.97 Å². The second kappa shape index (κ2) is 9.80. The van der Waals surface area contributed by atoms with Gasteiger partial charge in [-0.05, 0) is 65.7 Å². The average molecular weight is 401 g/mol. The van der Waals surface area contributed by atoms with Crippen molar-refractivity contribution in [3.05, 3.63) is 83.8 Å². The molecule has 0 atom stereocenters. The third kappa shape index (κ3) is 5.18. The Bertz CT molecular complexity index is 1100. The molecule has 0 saturated carbocycles. The molecule has 0 amide bonds. The first-order valence-corrected chi connectivity index (χ1v) is 9.00. The van der Waals surface area contributed by atoms with E-state index in [2.05, 4.69) is 6.07 Å². The van der Waals surface area contributed by atoms with Crippen molar-refractivity contribution in [1.82, 2.24) is 0 Å². The van der Waals surface area contributed by atoms with E-state index in [9.17, 15) is 10.1 Å². The lowest BCUT2D eigenvalue weighted by Gasteiger charge is -2.09. The zero-order chi connectivity index (χ0) is 21.3. The van der Waals surface area contributed by atoms with Gasteiger partial charge in [0, 0.05) is 6.08 Å². The first-order chi connectivity index (χ1) is 14.6. The monoisotopic (exact) mass is 401 g/mol. The summed E-state index contributed by atoms with van der Waals surface area (Å²) in [5.74, 6) is 1.57. The predicted octanol–water partition coefficient (Wildman–Crippen LogP) is 4.98. The Kier molecular flexibility index (Phi) is 6.70. The Balaban J connectivity index is 1.72. The second-order valence-electron chi connectivity index (χ2n) is 6.08. The van der Waals surface area contributed by atoms with E-state index in [0.29, 0.717) is 34.1 Å². The third-order valence-electron chi connectivity index (χ3n) is 4.15. The van der Waals surface area contributed by atoms with E-state index in [1.165, 1.54) is 18.4 Å². The Morgan fingerprint density at radius 1 is 1.03 bits per heavy atom. The molecule has 0 aliphatic rings. The van der Waals surface area contributed by atoms with E-state index in [0.717, 1.165) is 5.56 Å². The van der Waals surface area contributed by atoms with E-state index in [-0.39, 0.29) is 0 Å². The van der Waals surface area contributed by atoms with Gasteiger partial charge in [0.1, 0.15) is 11.5 Å². The first-order valence-electron chi connectivity index (χ1n) is 9.00. The van der Waals surface area contributed by atoms with E-state index in [1.54, 1.807) is 74.9 Å². The van der Waals surface area contributed by atoms with Crippen LogP contribution in [-0.4, -0.2) is 20.2 Å². The van der Waals surface area contributed by atoms with Crippen molar-refractivity contribution in [2.75, 3.05) is 14.2 Å². The van der Waals surface area contributed by atoms with Crippen molar-refractivity contribution in [3.63, 3.8) is 0 Å². The standard InChI is InChI=1S/C24H19NO5/c1-27-22-11-7-18(15-23(22)28-2)19(16-25)14-17-5-8-21(9-6-17)30-24(26)12-10-20-4-3-13-29-20/h3-15H,1-2H3/b12-10+,19-14+. The summed E-state index contributed by atoms with van der Waals surface area (Å²) in [6, 6.07) is 17.8. The second-order valence-corrected chi connectivity index (χ2v) is 6.08. The van der Waals surface area contributed by atoms with Crippen LogP contribution in [0, 0.1) is 11.3 Å². The number of methoxy groups -OCH3 is 2. The maximum absolute atomic E-state index is 11.9. The van der Waals surface area contributed by atoms with Gasteiger partial charge in [-0.3, -0.25) is 0 Å². The SMILES string of the molecule is COc1ccc(/C(C#N)=C/c2ccc(OC(=O)/C=C/c3ccco3)cc2)cc1OC. The molecule has 1 heterocycles. The number of carbonyl (C=O) groups is 1. The lowest BCUT2D eigenvalue weighted by Crippen LogP contribution is -2.03. The van der Waals surface area contributed by atoms with Crippen LogP contribution < -0.4 is 14.2 Å². The molecule has 0 bridgehead atoms. The molecule has 0 saturated heterocycles. The van der Waals surface area contributed by atoms with Crippen molar-refractivity contribution < 1.29 is 23.4 Å². The van der Waals surface area contributed by atoms with Crippen LogP contribution in [0.25, 0.3) is 17.7 Å². The van der Waals surface area contributed by atoms with Crippen LogP contribution in [0.4, 0.5) is 0 Å². The number of nitriles is 1. The number of esters is 1. The smallest absolute Gasteiger partial charge is 0.336 e. The molecule has 3 aromatic rings. The Hall–Kier alpha value is -4.24. The highest BCUT2D eigenvalue weighted by atomic mass is 16.5. The molecular weight excluding hydrogens is 382 g/mol. The van der Waals surface area contributed by atoms with Gasteiger partial charge < -0.3 is 18.6 Å². The normalized spacial score (nSPS) is 11.2. The molecule has 0 N–H and O–H groups in total. The Morgan fingerprint density at radius 3 is 2.43 bits per heavy atom. The fourth-order valence-electron chi connectivity index (χ4n) is 2.67. The minimum atomic E-state index is -0.516. The topological polar surface area (TPSA) is 81.7 Å². The number of nitrogens with zero attached hydrogens (tertiary/aromatic N) is 1. The summed E-state index contributed by atoms with van der Waals surface area (Å²) in [4.78, 5) is 11.9. The van der Waals surface area contributed by atoms with Crippen LogP contribution in [0.15, 0.2) is 71.4 Å². The number of hydrogen-bond donors (Lipinski definition) is 0. The summed E-state index contributed by atoms with van der Waals surface area (Å²) in [5.41, 5.74) is 1.95. The molecule has 0 spiro atoms. The zero-order valence-corrected chi connectivity index (χ0v) is 16.5. The van der Waals surface area contributed by atoms with Gasteiger partial charge in [0.25, 0.3) is 0 Å². The predicted molar refractivity (Wildman–Crippen MR) is 113 cm³/mol. The van der Waals surface area contributed by atoms with Crippen LogP contribution in [0.3, 0.4) is 0 Å². The number of furan rings is 1. The molecule has 3 rings (SSSR count). The zero-order valence-electron chi connectivity index (χ0n) is 16.5. The van der Waals surface area contributed by atoms with E-state index < -0.39 is 5.97 Å². The molecule has 0 aliphatic heterocycles. The molecule has 150 valence electrons. The van der Waals surface area contributed by atoms with E-state index >= 15 is 0 Å². The molecule has 6 heteroatoms. The minimum absolute atomic E-state index is 0.394. The molecular formula is C24H19NO5. The number of hydrogen-bond acceptors (Lipinski definition) is 6. The summed E-state index contributed by atoms with van der Waals surface area (Å²) >= 11 is 0. The summed E-state index contributed by atoms with van der Waals surface area (Å²) in [6.45, 7) is 0. The number of allylic oxidation sites excluding steroid dienone is 1. The molecule has 30 heavy (non-hydrogen) atoms. The van der Waals surface area contributed by atoms with Gasteiger partial charge in [0.05, 0.1) is 32.1 Å². The summed E-state index contributed by atoms with van der Waals surface area (Å²) in [5, 5.41) is 9.57. The lowest BCUT2D eigenvalue weighted by molar-refractivity contribution is -0.128. The van der Waals surface area contributed by atoms with Gasteiger partial charge in [-0.2, -0.15) is 5.26 Å². The van der Waals surface area contributed by atoms with Gasteiger partial charge in [-0.1, -0.05) is 12.1 Å². The fourth-order valence-corrected chi connectivity index (χ4v) is 2.67. The van der Waals surface area contributed by atoms with Gasteiger partial charge in [0.2, 0.25) is 0 Å². The highest BCUT2D eigenvalue weighted by Crippen LogP contribution is 2.31. The largest absolute Gasteiger partial charge is 0.493 e. The van der Waals surface area contributed by atoms with Crippen molar-refractivity contribution in [3.8, 4) is 23.3 Å². The highest BCUT2D eigenvalue weighted by molar-refractivity contribution is 5.90. The van der Waals surface area contributed by atoms with Crippen molar-refractivity contribution >= 4 is 23.7 Å². The highest BCUT2D eigenvalue weighted by Gasteiger charge is 2.08. The van der Waals surface area contributed by atoms with Crippen LogP contribution in [0.1, 0.15) is 16.9 Å². The van der Waals surface area contributed by atoms with Crippen LogP contribution in [0.2, 0.25) is 0 Å². The molecule has 0 unspecified atom stereocenters. The molecule has 0 fully saturated rings. The average Bonchev–Trinajstić information content (AvgIpc) is 3.30. The molecule has 0 radical (unpaired) electrons. The van der Waals surface area contributed by atoms with Gasteiger partial charge in [-0.25, -0.2) is 4.79 Å². The van der Waals surface area contributed by atoms with E-state index in [1.807, 2.05) is 0 Å². The van der Waals surface area contributed by atoms with Crippen molar-refractivity contribution in [2.24, 2.45) is 0 Å². The van der Waals surface area contributed by atoms with Crippen molar-refractivity contribution in [1.29, 1.82) is 5.26 Å². The summed E-state index contributed by atoms with van der Waals surface area (Å²) < 4.78 is 20.9. The maximum atomic E-state index is 11.9. The Morgan fingerprint density at radius 2 is 1.80 bits per heavy atom. The van der Waals surface area contributed by atoms with Crippen LogP contribution >= 0.6 is 0 Å². The molecule has 2 aromatic carbocycles. The number of benzene rings is 2. The van der Waals surface area contributed by atoms with Gasteiger partial charge in [-0.15, -0.1) is 0 Å².